The quantitative estimate of drug-likeness (QED) is 0.746. The van der Waals surface area contributed by atoms with Crippen molar-refractivity contribution in [3.63, 3.8) is 0 Å². The number of aliphatic hydroxyl groups is 1. The van der Waals surface area contributed by atoms with E-state index >= 15 is 0 Å². The van der Waals surface area contributed by atoms with Gasteiger partial charge in [0.1, 0.15) is 0 Å². The first kappa shape index (κ1) is 12.8. The zero-order valence-electron chi connectivity index (χ0n) is 11.1. The third kappa shape index (κ3) is 2.33. The molecule has 2 saturated heterocycles. The summed E-state index contributed by atoms with van der Waals surface area (Å²) in [6.07, 6.45) is 0.796. The maximum Gasteiger partial charge on any atom is 0.228 e. The summed E-state index contributed by atoms with van der Waals surface area (Å²) in [5.41, 5.74) is -0.715. The zero-order valence-corrected chi connectivity index (χ0v) is 11.1. The Labute approximate surface area is 103 Å². The van der Waals surface area contributed by atoms with Crippen molar-refractivity contribution in [2.24, 2.45) is 11.8 Å². The molecule has 0 aromatic rings. The molecule has 0 aromatic heterocycles. The first-order chi connectivity index (χ1) is 7.82. The molecule has 2 rings (SSSR count). The number of likely N-dealkylation sites (tertiary alicyclic amines) is 1. The van der Waals surface area contributed by atoms with Crippen molar-refractivity contribution < 1.29 is 14.6 Å². The molecule has 2 aliphatic rings. The van der Waals surface area contributed by atoms with Crippen LogP contribution in [0.25, 0.3) is 0 Å². The summed E-state index contributed by atoms with van der Waals surface area (Å²) in [6, 6.07) is 0. The molecule has 0 spiro atoms. The second-order valence-electron chi connectivity index (χ2n) is 5.94. The van der Waals surface area contributed by atoms with Crippen LogP contribution in [0.5, 0.6) is 0 Å². The largest absolute Gasteiger partial charge is 0.388 e. The molecule has 5 unspecified atom stereocenters. The van der Waals surface area contributed by atoms with Gasteiger partial charge in [0.2, 0.25) is 5.91 Å². The fraction of sp³-hybridized carbons (Fsp3) is 0.923. The molecule has 2 heterocycles. The van der Waals surface area contributed by atoms with Gasteiger partial charge in [-0.15, -0.1) is 0 Å². The van der Waals surface area contributed by atoms with Crippen molar-refractivity contribution in [1.29, 1.82) is 0 Å². The van der Waals surface area contributed by atoms with Crippen molar-refractivity contribution in [2.75, 3.05) is 13.1 Å². The van der Waals surface area contributed by atoms with Crippen LogP contribution < -0.4 is 0 Å². The van der Waals surface area contributed by atoms with Gasteiger partial charge in [-0.3, -0.25) is 4.79 Å². The monoisotopic (exact) mass is 241 g/mol. The molecule has 17 heavy (non-hydrogen) atoms. The van der Waals surface area contributed by atoms with Crippen molar-refractivity contribution in [3.8, 4) is 0 Å². The van der Waals surface area contributed by atoms with E-state index in [1.807, 2.05) is 13.8 Å². The lowest BCUT2D eigenvalue weighted by atomic mass is 9.88. The Morgan fingerprint density at radius 2 is 2.00 bits per heavy atom. The predicted molar refractivity (Wildman–Crippen MR) is 64.5 cm³/mol. The number of carbonyl (C=O) groups is 1. The SMILES string of the molecule is CC1OC(C)C(C(=O)N2CCC(C)(O)C2)C1C. The maximum absolute atomic E-state index is 12.4. The first-order valence-electron chi connectivity index (χ1n) is 6.48. The van der Waals surface area contributed by atoms with E-state index in [0.717, 1.165) is 0 Å². The summed E-state index contributed by atoms with van der Waals surface area (Å²) in [4.78, 5) is 14.2. The molecule has 0 saturated carbocycles. The zero-order chi connectivity index (χ0) is 12.8. The fourth-order valence-corrected chi connectivity index (χ4v) is 3.04. The molecule has 4 heteroatoms. The van der Waals surface area contributed by atoms with E-state index in [4.69, 9.17) is 4.74 Å². The van der Waals surface area contributed by atoms with Crippen LogP contribution in [0.2, 0.25) is 0 Å². The lowest BCUT2D eigenvalue weighted by molar-refractivity contribution is -0.137. The van der Waals surface area contributed by atoms with Gasteiger partial charge in [-0.2, -0.15) is 0 Å². The summed E-state index contributed by atoms with van der Waals surface area (Å²) >= 11 is 0. The molecule has 2 aliphatic heterocycles. The molecule has 0 bridgehead atoms. The minimum absolute atomic E-state index is 0.0157. The lowest BCUT2D eigenvalue weighted by Crippen LogP contribution is -2.41. The standard InChI is InChI=1S/C13H23NO3/c1-8-9(2)17-10(3)11(8)12(15)14-6-5-13(4,16)7-14/h8-11,16H,5-7H2,1-4H3. The first-order valence-corrected chi connectivity index (χ1v) is 6.48. The molecule has 2 fully saturated rings. The van der Waals surface area contributed by atoms with Crippen LogP contribution in [-0.4, -0.2) is 46.8 Å². The summed E-state index contributed by atoms with van der Waals surface area (Å²) in [6.45, 7) is 8.98. The van der Waals surface area contributed by atoms with E-state index in [9.17, 15) is 9.90 Å². The second kappa shape index (κ2) is 4.25. The average Bonchev–Trinajstić information content (AvgIpc) is 2.68. The molecule has 0 aromatic carbocycles. The molecule has 4 nitrogen and oxygen atoms in total. The topological polar surface area (TPSA) is 49.8 Å². The number of ether oxygens (including phenoxy) is 1. The van der Waals surface area contributed by atoms with Crippen molar-refractivity contribution >= 4 is 5.91 Å². The van der Waals surface area contributed by atoms with Gasteiger partial charge in [-0.25, -0.2) is 0 Å². The number of amides is 1. The minimum Gasteiger partial charge on any atom is -0.388 e. The molecule has 0 aliphatic carbocycles. The highest BCUT2D eigenvalue weighted by Crippen LogP contribution is 2.35. The Morgan fingerprint density at radius 1 is 1.35 bits per heavy atom. The molecular weight excluding hydrogens is 218 g/mol. The molecule has 98 valence electrons. The highest BCUT2D eigenvalue weighted by Gasteiger charge is 2.45. The summed E-state index contributed by atoms with van der Waals surface area (Å²) in [5.74, 6) is 0.342. The van der Waals surface area contributed by atoms with Gasteiger partial charge in [0.05, 0.1) is 23.7 Å². The number of rotatable bonds is 1. The van der Waals surface area contributed by atoms with Gasteiger partial charge in [0.25, 0.3) is 0 Å². The maximum atomic E-state index is 12.4. The van der Waals surface area contributed by atoms with Crippen molar-refractivity contribution in [3.05, 3.63) is 0 Å². The minimum atomic E-state index is -0.715. The van der Waals surface area contributed by atoms with Gasteiger partial charge >= 0.3 is 0 Å². The Hall–Kier alpha value is -0.610. The van der Waals surface area contributed by atoms with Crippen LogP contribution in [0, 0.1) is 11.8 Å². The smallest absolute Gasteiger partial charge is 0.228 e. The van der Waals surface area contributed by atoms with Gasteiger partial charge in [-0.05, 0) is 33.1 Å². The molecule has 1 N–H and O–H groups in total. The van der Waals surface area contributed by atoms with Gasteiger partial charge in [-0.1, -0.05) is 6.92 Å². The summed E-state index contributed by atoms with van der Waals surface area (Å²) in [7, 11) is 0. The molecule has 0 radical (unpaired) electrons. The van der Waals surface area contributed by atoms with Crippen LogP contribution in [-0.2, 0) is 9.53 Å². The Bertz CT molecular complexity index is 316. The van der Waals surface area contributed by atoms with E-state index in [1.165, 1.54) is 0 Å². The molecule has 5 atom stereocenters. The van der Waals surface area contributed by atoms with Crippen molar-refractivity contribution in [2.45, 2.75) is 51.9 Å². The fourth-order valence-electron chi connectivity index (χ4n) is 3.04. The normalized spacial score (nSPS) is 46.5. The highest BCUT2D eigenvalue weighted by molar-refractivity contribution is 5.80. The Morgan fingerprint density at radius 3 is 2.41 bits per heavy atom. The number of β-amino-alcohol motifs (C(OH)–C–C–N with tert-alkyl or cyclic N) is 1. The number of carbonyl (C=O) groups excluding carboxylic acids is 1. The van der Waals surface area contributed by atoms with Crippen molar-refractivity contribution in [1.82, 2.24) is 4.90 Å². The van der Waals surface area contributed by atoms with Gasteiger partial charge in [0, 0.05) is 13.1 Å². The third-order valence-corrected chi connectivity index (χ3v) is 4.29. The van der Waals surface area contributed by atoms with E-state index in [-0.39, 0.29) is 30.0 Å². The number of hydrogen-bond acceptors (Lipinski definition) is 3. The van der Waals surface area contributed by atoms with Crippen LogP contribution >= 0.6 is 0 Å². The molecular formula is C13H23NO3. The lowest BCUT2D eigenvalue weighted by Gasteiger charge is -2.25. The summed E-state index contributed by atoms with van der Waals surface area (Å²) < 4.78 is 5.71. The van der Waals surface area contributed by atoms with E-state index < -0.39 is 5.60 Å². The van der Waals surface area contributed by atoms with Crippen LogP contribution in [0.15, 0.2) is 0 Å². The second-order valence-corrected chi connectivity index (χ2v) is 5.94. The average molecular weight is 241 g/mol. The number of hydrogen-bond donors (Lipinski definition) is 1. The van der Waals surface area contributed by atoms with E-state index in [1.54, 1.807) is 11.8 Å². The van der Waals surface area contributed by atoms with Crippen LogP contribution in [0.3, 0.4) is 0 Å². The van der Waals surface area contributed by atoms with Gasteiger partial charge in [0.15, 0.2) is 0 Å². The third-order valence-electron chi connectivity index (χ3n) is 4.29. The predicted octanol–water partition coefficient (Wildman–Crippen LogP) is 1.03. The Kier molecular flexibility index (Phi) is 3.21. The summed E-state index contributed by atoms with van der Waals surface area (Å²) in [5, 5.41) is 9.92. The van der Waals surface area contributed by atoms with E-state index in [0.29, 0.717) is 19.5 Å². The molecule has 1 amide bonds. The number of nitrogens with zero attached hydrogens (tertiary/aromatic N) is 1. The van der Waals surface area contributed by atoms with Crippen LogP contribution in [0.1, 0.15) is 34.1 Å². The van der Waals surface area contributed by atoms with Gasteiger partial charge < -0.3 is 14.7 Å². The van der Waals surface area contributed by atoms with Crippen LogP contribution in [0.4, 0.5) is 0 Å². The van der Waals surface area contributed by atoms with E-state index in [2.05, 4.69) is 6.92 Å². The Balaban J connectivity index is 2.06. The highest BCUT2D eigenvalue weighted by atomic mass is 16.5.